The van der Waals surface area contributed by atoms with E-state index in [-0.39, 0.29) is 30.2 Å². The number of fused-ring (bicyclic) bond motifs is 1. The van der Waals surface area contributed by atoms with E-state index in [0.29, 0.717) is 0 Å². The molecule has 0 aliphatic carbocycles. The molecular weight excluding hydrogens is 508 g/mol. The maximum atomic E-state index is 13.7. The second kappa shape index (κ2) is 10.1. The summed E-state index contributed by atoms with van der Waals surface area (Å²) < 4.78 is 65.4. The Labute approximate surface area is 204 Å². The van der Waals surface area contributed by atoms with Gasteiger partial charge in [0.15, 0.2) is 4.90 Å². The van der Waals surface area contributed by atoms with Crippen molar-refractivity contribution in [1.82, 2.24) is 15.1 Å². The van der Waals surface area contributed by atoms with Crippen molar-refractivity contribution in [3.63, 3.8) is 0 Å². The molecule has 3 rings (SSSR count). The molecule has 1 aromatic heterocycles. The van der Waals surface area contributed by atoms with Crippen LogP contribution in [0.15, 0.2) is 29.3 Å². The number of aryl methyl sites for hydroxylation is 1. The van der Waals surface area contributed by atoms with Gasteiger partial charge in [0.05, 0.1) is 18.8 Å². The third kappa shape index (κ3) is 5.93. The van der Waals surface area contributed by atoms with Crippen LogP contribution in [-0.2, 0) is 21.4 Å². The number of nitrogens with zero attached hydrogens (tertiary/aromatic N) is 3. The van der Waals surface area contributed by atoms with E-state index in [1.165, 1.54) is 32.0 Å². The van der Waals surface area contributed by atoms with Crippen LogP contribution in [-0.4, -0.2) is 71.8 Å². The van der Waals surface area contributed by atoms with E-state index < -0.39 is 57.7 Å². The number of hydrogen-bond donors (Lipinski definition) is 4. The lowest BCUT2D eigenvalue weighted by atomic mass is 10.1. The number of aliphatic hydroxyl groups is 1. The quantitative estimate of drug-likeness (QED) is 0.372. The molecule has 0 spiro atoms. The van der Waals surface area contributed by atoms with Crippen molar-refractivity contribution in [1.29, 1.82) is 0 Å². The third-order valence-corrected chi connectivity index (χ3v) is 6.74. The number of halogens is 2. The fourth-order valence-electron chi connectivity index (χ4n) is 3.28. The lowest BCUT2D eigenvalue weighted by molar-refractivity contribution is -0.136. The molecule has 16 heteroatoms. The number of nitrogens with one attached hydrogen (secondary N) is 2. The van der Waals surface area contributed by atoms with Gasteiger partial charge in [0.2, 0.25) is 0 Å². The molecule has 1 aromatic carbocycles. The Morgan fingerprint density at radius 3 is 2.64 bits per heavy atom. The van der Waals surface area contributed by atoms with Crippen molar-refractivity contribution in [2.75, 3.05) is 22.7 Å². The third-order valence-electron chi connectivity index (χ3n) is 4.98. The SMILES string of the molecule is CCn1cc(S(=O)(=O)N2CC(CNC(=O)C(C)(C)O)Oc3ccc(NC(=O)O)cc32)c(OC(F)F)n1. The summed E-state index contributed by atoms with van der Waals surface area (Å²) in [4.78, 5) is 22.5. The normalized spacial score (nSPS) is 15.8. The van der Waals surface area contributed by atoms with Gasteiger partial charge in [-0.05, 0) is 39.0 Å². The zero-order chi connectivity index (χ0) is 26.8. The Kier molecular flexibility index (Phi) is 7.59. The van der Waals surface area contributed by atoms with Crippen molar-refractivity contribution in [3.05, 3.63) is 24.4 Å². The van der Waals surface area contributed by atoms with Crippen molar-refractivity contribution in [2.45, 2.75) is 50.5 Å². The summed E-state index contributed by atoms with van der Waals surface area (Å²) in [5.41, 5.74) is -1.77. The van der Waals surface area contributed by atoms with E-state index in [0.717, 1.165) is 15.2 Å². The first kappa shape index (κ1) is 26.9. The number of benzene rings is 1. The minimum absolute atomic E-state index is 0.0162. The van der Waals surface area contributed by atoms with Crippen molar-refractivity contribution >= 4 is 33.4 Å². The molecule has 1 atom stereocenters. The summed E-state index contributed by atoms with van der Waals surface area (Å²) in [6.07, 6.45) is -1.32. The van der Waals surface area contributed by atoms with Crippen LogP contribution in [0.1, 0.15) is 20.8 Å². The predicted molar refractivity (Wildman–Crippen MR) is 121 cm³/mol. The number of amides is 2. The van der Waals surface area contributed by atoms with Gasteiger partial charge in [-0.15, -0.1) is 5.10 Å². The van der Waals surface area contributed by atoms with Crippen LogP contribution in [0.25, 0.3) is 0 Å². The average molecular weight is 534 g/mol. The maximum Gasteiger partial charge on any atom is 0.409 e. The summed E-state index contributed by atoms with van der Waals surface area (Å²) in [5, 5.41) is 27.2. The van der Waals surface area contributed by atoms with Gasteiger partial charge in [-0.2, -0.15) is 8.78 Å². The molecule has 1 unspecified atom stereocenters. The van der Waals surface area contributed by atoms with Gasteiger partial charge in [0.1, 0.15) is 17.5 Å². The Bertz CT molecular complexity index is 1250. The van der Waals surface area contributed by atoms with Crippen LogP contribution in [0.5, 0.6) is 11.6 Å². The fraction of sp³-hybridized carbons (Fsp3) is 0.450. The molecule has 36 heavy (non-hydrogen) atoms. The molecular formula is C20H25F2N5O8S. The topological polar surface area (TPSA) is 172 Å². The highest BCUT2D eigenvalue weighted by molar-refractivity contribution is 7.93. The number of hydrogen-bond acceptors (Lipinski definition) is 8. The summed E-state index contributed by atoms with van der Waals surface area (Å²) in [6, 6.07) is 3.85. The molecule has 2 heterocycles. The zero-order valence-electron chi connectivity index (χ0n) is 19.4. The molecule has 2 aromatic rings. The second-order valence-corrected chi connectivity index (χ2v) is 10.0. The minimum atomic E-state index is -4.61. The first-order valence-corrected chi connectivity index (χ1v) is 12.0. The highest BCUT2D eigenvalue weighted by atomic mass is 32.2. The number of sulfonamides is 1. The Hall–Kier alpha value is -3.66. The van der Waals surface area contributed by atoms with Gasteiger partial charge in [-0.25, -0.2) is 13.2 Å². The lowest BCUT2D eigenvalue weighted by Crippen LogP contribution is -2.51. The number of carbonyl (C=O) groups excluding carboxylic acids is 1. The van der Waals surface area contributed by atoms with Crippen molar-refractivity contribution < 1.29 is 46.5 Å². The Morgan fingerprint density at radius 2 is 2.06 bits per heavy atom. The molecule has 0 bridgehead atoms. The zero-order valence-corrected chi connectivity index (χ0v) is 20.3. The molecule has 2 amide bonds. The van der Waals surface area contributed by atoms with Gasteiger partial charge in [0, 0.05) is 18.4 Å². The summed E-state index contributed by atoms with van der Waals surface area (Å²) >= 11 is 0. The fourth-order valence-corrected chi connectivity index (χ4v) is 4.85. The smallest absolute Gasteiger partial charge is 0.409 e. The number of rotatable bonds is 9. The van der Waals surface area contributed by atoms with Gasteiger partial charge in [-0.1, -0.05) is 0 Å². The highest BCUT2D eigenvalue weighted by Gasteiger charge is 2.39. The lowest BCUT2D eigenvalue weighted by Gasteiger charge is -2.35. The van der Waals surface area contributed by atoms with Gasteiger partial charge >= 0.3 is 12.7 Å². The number of carboxylic acid groups (broad SMARTS) is 1. The average Bonchev–Trinajstić information content (AvgIpc) is 3.18. The first-order chi connectivity index (χ1) is 16.7. The summed E-state index contributed by atoms with van der Waals surface area (Å²) in [7, 11) is -4.61. The molecule has 1 aliphatic heterocycles. The standard InChI is InChI=1S/C20H25F2N5O8S/c1-4-26-10-15(16(25-26)35-18(21)22)36(32,33)27-9-12(8-23-17(28)20(2,3)31)34-14-6-5-11(7-13(14)27)24-19(29)30/h5-7,10,12,18,24,31H,4,8-9H2,1-3H3,(H,23,28)(H,29,30). The van der Waals surface area contributed by atoms with Crippen LogP contribution < -0.4 is 24.4 Å². The number of anilines is 2. The highest BCUT2D eigenvalue weighted by Crippen LogP contribution is 2.40. The van der Waals surface area contributed by atoms with Crippen molar-refractivity contribution in [2.24, 2.45) is 0 Å². The van der Waals surface area contributed by atoms with Gasteiger partial charge < -0.3 is 25.0 Å². The molecule has 1 aliphatic rings. The molecule has 0 fully saturated rings. The maximum absolute atomic E-state index is 13.7. The van der Waals surface area contributed by atoms with E-state index in [1.807, 2.05) is 0 Å². The van der Waals surface area contributed by atoms with Crippen LogP contribution in [0.4, 0.5) is 25.0 Å². The van der Waals surface area contributed by atoms with Crippen LogP contribution in [0, 0.1) is 0 Å². The molecule has 4 N–H and O–H groups in total. The van der Waals surface area contributed by atoms with Gasteiger partial charge in [0.25, 0.3) is 21.8 Å². The summed E-state index contributed by atoms with van der Waals surface area (Å²) in [5.74, 6) is -1.53. The van der Waals surface area contributed by atoms with Crippen LogP contribution in [0.2, 0.25) is 0 Å². The van der Waals surface area contributed by atoms with Gasteiger partial charge in [-0.3, -0.25) is 19.1 Å². The second-order valence-electron chi connectivity index (χ2n) is 8.19. The molecule has 198 valence electrons. The number of carbonyl (C=O) groups is 2. The molecule has 0 saturated carbocycles. The monoisotopic (exact) mass is 533 g/mol. The van der Waals surface area contributed by atoms with E-state index in [1.54, 1.807) is 6.92 Å². The van der Waals surface area contributed by atoms with E-state index in [9.17, 15) is 31.9 Å². The van der Waals surface area contributed by atoms with Crippen molar-refractivity contribution in [3.8, 4) is 11.6 Å². The predicted octanol–water partition coefficient (Wildman–Crippen LogP) is 1.44. The molecule has 0 saturated heterocycles. The largest absolute Gasteiger partial charge is 0.484 e. The number of ether oxygens (including phenoxy) is 2. The number of alkyl halides is 2. The molecule has 13 nitrogen and oxygen atoms in total. The van der Waals surface area contributed by atoms with E-state index in [4.69, 9.17) is 9.84 Å². The van der Waals surface area contributed by atoms with Crippen LogP contribution >= 0.6 is 0 Å². The number of aromatic nitrogens is 2. The Morgan fingerprint density at radius 1 is 1.36 bits per heavy atom. The first-order valence-electron chi connectivity index (χ1n) is 10.6. The van der Waals surface area contributed by atoms with E-state index in [2.05, 4.69) is 20.5 Å². The summed E-state index contributed by atoms with van der Waals surface area (Å²) in [6.45, 7) is 0.359. The van der Waals surface area contributed by atoms with E-state index >= 15 is 0 Å². The van der Waals surface area contributed by atoms with Crippen LogP contribution in [0.3, 0.4) is 0 Å². The Balaban J connectivity index is 2.05. The minimum Gasteiger partial charge on any atom is -0.484 e. The molecule has 0 radical (unpaired) electrons.